The van der Waals surface area contributed by atoms with Crippen LogP contribution in [0.4, 0.5) is 0 Å². The van der Waals surface area contributed by atoms with Crippen LogP contribution in [-0.4, -0.2) is 46.5 Å². The lowest BCUT2D eigenvalue weighted by atomic mass is 10.3. The van der Waals surface area contributed by atoms with Crippen molar-refractivity contribution >= 4 is 18.3 Å². The molecule has 2 heterocycles. The molecule has 1 aliphatic heterocycles. The summed E-state index contributed by atoms with van der Waals surface area (Å²) in [6, 6.07) is 9.80. The number of nitrogens with zero attached hydrogens (tertiary/aromatic N) is 3. The van der Waals surface area contributed by atoms with Crippen LogP contribution in [0.2, 0.25) is 0 Å². The molecule has 1 N–H and O–H groups in total. The van der Waals surface area contributed by atoms with E-state index in [9.17, 15) is 4.79 Å². The van der Waals surface area contributed by atoms with Gasteiger partial charge in [0.2, 0.25) is 0 Å². The number of rotatable bonds is 2. The average molecular weight is 293 g/mol. The van der Waals surface area contributed by atoms with Crippen molar-refractivity contribution in [1.82, 2.24) is 19.8 Å². The Morgan fingerprint density at radius 2 is 1.85 bits per heavy atom. The predicted octanol–water partition coefficient (Wildman–Crippen LogP) is 1.34. The van der Waals surface area contributed by atoms with Crippen molar-refractivity contribution in [3.8, 4) is 5.69 Å². The van der Waals surface area contributed by atoms with E-state index in [4.69, 9.17) is 0 Å². The first-order chi connectivity index (χ1) is 9.36. The zero-order valence-corrected chi connectivity index (χ0v) is 11.8. The second-order valence-corrected chi connectivity index (χ2v) is 4.53. The van der Waals surface area contributed by atoms with Gasteiger partial charge in [-0.25, -0.2) is 4.98 Å². The molecule has 1 aliphatic rings. The van der Waals surface area contributed by atoms with Gasteiger partial charge in [-0.3, -0.25) is 9.36 Å². The lowest BCUT2D eigenvalue weighted by Crippen LogP contribution is -2.46. The van der Waals surface area contributed by atoms with Crippen LogP contribution in [0.15, 0.2) is 42.9 Å². The molecule has 0 bridgehead atoms. The second kappa shape index (κ2) is 6.54. The Bertz CT molecular complexity index is 564. The van der Waals surface area contributed by atoms with E-state index in [2.05, 4.69) is 10.3 Å². The molecule has 0 radical (unpaired) electrons. The van der Waals surface area contributed by atoms with Crippen molar-refractivity contribution < 1.29 is 4.79 Å². The number of para-hydroxylation sites is 1. The van der Waals surface area contributed by atoms with Crippen LogP contribution in [-0.2, 0) is 0 Å². The third-order valence-electron chi connectivity index (χ3n) is 3.30. The standard InChI is InChI=1S/C14H16N4O.ClH/c19-14(17-8-6-15-7-9-17)13-10-16-11-18(13)12-4-2-1-3-5-12;/h1-5,10-11,15H,6-9H2;1H. The zero-order valence-electron chi connectivity index (χ0n) is 11.0. The van der Waals surface area contributed by atoms with Gasteiger partial charge >= 0.3 is 0 Å². The van der Waals surface area contributed by atoms with Crippen molar-refractivity contribution in [2.45, 2.75) is 0 Å². The summed E-state index contributed by atoms with van der Waals surface area (Å²) >= 11 is 0. The molecule has 20 heavy (non-hydrogen) atoms. The lowest BCUT2D eigenvalue weighted by molar-refractivity contribution is 0.0727. The number of halogens is 1. The molecule has 0 aliphatic carbocycles. The minimum atomic E-state index is 0. The normalized spacial score (nSPS) is 14.7. The van der Waals surface area contributed by atoms with Gasteiger partial charge in [-0.1, -0.05) is 18.2 Å². The summed E-state index contributed by atoms with van der Waals surface area (Å²) in [6.45, 7) is 3.20. The van der Waals surface area contributed by atoms with Crippen molar-refractivity contribution in [3.63, 3.8) is 0 Å². The zero-order chi connectivity index (χ0) is 13.1. The molecule has 1 aromatic carbocycles. The summed E-state index contributed by atoms with van der Waals surface area (Å²) in [7, 11) is 0. The number of aromatic nitrogens is 2. The highest BCUT2D eigenvalue weighted by Crippen LogP contribution is 2.13. The maximum atomic E-state index is 12.5. The molecule has 6 heteroatoms. The summed E-state index contributed by atoms with van der Waals surface area (Å²) in [5.74, 6) is 0.0443. The number of carbonyl (C=O) groups is 1. The third kappa shape index (κ3) is 2.84. The Balaban J connectivity index is 0.00000147. The molecular weight excluding hydrogens is 276 g/mol. The smallest absolute Gasteiger partial charge is 0.272 e. The van der Waals surface area contributed by atoms with Gasteiger partial charge in [0.15, 0.2) is 0 Å². The first-order valence-electron chi connectivity index (χ1n) is 6.44. The lowest BCUT2D eigenvalue weighted by Gasteiger charge is -2.27. The van der Waals surface area contributed by atoms with E-state index in [0.29, 0.717) is 5.69 Å². The van der Waals surface area contributed by atoms with Crippen LogP contribution < -0.4 is 5.32 Å². The molecule has 1 amide bonds. The van der Waals surface area contributed by atoms with E-state index >= 15 is 0 Å². The summed E-state index contributed by atoms with van der Waals surface area (Å²) < 4.78 is 1.84. The van der Waals surface area contributed by atoms with E-state index in [-0.39, 0.29) is 18.3 Å². The second-order valence-electron chi connectivity index (χ2n) is 4.53. The van der Waals surface area contributed by atoms with Crippen LogP contribution in [0.25, 0.3) is 5.69 Å². The summed E-state index contributed by atoms with van der Waals surface area (Å²) in [6.07, 6.45) is 3.32. The highest BCUT2D eigenvalue weighted by molar-refractivity contribution is 5.93. The van der Waals surface area contributed by atoms with E-state index in [1.807, 2.05) is 39.8 Å². The van der Waals surface area contributed by atoms with Crippen molar-refractivity contribution in [1.29, 1.82) is 0 Å². The van der Waals surface area contributed by atoms with E-state index < -0.39 is 0 Å². The van der Waals surface area contributed by atoms with E-state index in [1.165, 1.54) is 0 Å². The van der Waals surface area contributed by atoms with Crippen molar-refractivity contribution in [2.24, 2.45) is 0 Å². The quantitative estimate of drug-likeness (QED) is 0.909. The van der Waals surface area contributed by atoms with Gasteiger partial charge < -0.3 is 10.2 Å². The molecule has 1 saturated heterocycles. The highest BCUT2D eigenvalue weighted by Gasteiger charge is 2.21. The number of hydrogen-bond donors (Lipinski definition) is 1. The highest BCUT2D eigenvalue weighted by atomic mass is 35.5. The molecule has 1 aromatic heterocycles. The number of amides is 1. The monoisotopic (exact) mass is 292 g/mol. The average Bonchev–Trinajstić information content (AvgIpc) is 2.98. The molecular formula is C14H17ClN4O. The summed E-state index contributed by atoms with van der Waals surface area (Å²) in [5.41, 5.74) is 1.58. The molecule has 1 fully saturated rings. The molecule has 106 valence electrons. The summed E-state index contributed by atoms with van der Waals surface area (Å²) in [4.78, 5) is 18.5. The number of nitrogens with one attached hydrogen (secondary N) is 1. The Hall–Kier alpha value is -1.85. The van der Waals surface area contributed by atoms with Gasteiger partial charge in [-0.15, -0.1) is 12.4 Å². The first-order valence-corrected chi connectivity index (χ1v) is 6.44. The van der Waals surface area contributed by atoms with E-state index in [1.54, 1.807) is 12.5 Å². The van der Waals surface area contributed by atoms with Crippen LogP contribution in [0.1, 0.15) is 10.5 Å². The third-order valence-corrected chi connectivity index (χ3v) is 3.30. The molecule has 3 rings (SSSR count). The van der Waals surface area contributed by atoms with Crippen LogP contribution >= 0.6 is 12.4 Å². The maximum absolute atomic E-state index is 12.5. The van der Waals surface area contributed by atoms with Crippen LogP contribution in [0, 0.1) is 0 Å². The first kappa shape index (κ1) is 14.6. The molecule has 0 saturated carbocycles. The number of piperazine rings is 1. The topological polar surface area (TPSA) is 50.2 Å². The number of benzene rings is 1. The Labute approximate surface area is 124 Å². The van der Waals surface area contributed by atoms with Crippen molar-refractivity contribution in [2.75, 3.05) is 26.2 Å². The molecule has 5 nitrogen and oxygen atoms in total. The Morgan fingerprint density at radius 3 is 2.55 bits per heavy atom. The maximum Gasteiger partial charge on any atom is 0.272 e. The number of carbonyl (C=O) groups excluding carboxylic acids is 1. The van der Waals surface area contributed by atoms with Gasteiger partial charge in [0.05, 0.1) is 12.5 Å². The Morgan fingerprint density at radius 1 is 1.15 bits per heavy atom. The largest absolute Gasteiger partial charge is 0.335 e. The van der Waals surface area contributed by atoms with Crippen LogP contribution in [0.5, 0.6) is 0 Å². The van der Waals surface area contributed by atoms with Gasteiger partial charge in [-0.05, 0) is 12.1 Å². The number of hydrogen-bond acceptors (Lipinski definition) is 3. The van der Waals surface area contributed by atoms with Gasteiger partial charge in [0.1, 0.15) is 5.69 Å². The van der Waals surface area contributed by atoms with Crippen molar-refractivity contribution in [3.05, 3.63) is 48.5 Å². The van der Waals surface area contributed by atoms with Gasteiger partial charge in [-0.2, -0.15) is 0 Å². The fraction of sp³-hybridized carbons (Fsp3) is 0.286. The minimum Gasteiger partial charge on any atom is -0.335 e. The molecule has 0 atom stereocenters. The molecule has 0 spiro atoms. The minimum absolute atomic E-state index is 0. The molecule has 0 unspecified atom stereocenters. The summed E-state index contributed by atoms with van der Waals surface area (Å²) in [5, 5.41) is 3.24. The van der Waals surface area contributed by atoms with E-state index in [0.717, 1.165) is 31.9 Å². The van der Waals surface area contributed by atoms with Gasteiger partial charge in [0.25, 0.3) is 5.91 Å². The Kier molecular flexibility index (Phi) is 4.76. The fourth-order valence-corrected chi connectivity index (χ4v) is 2.28. The SMILES string of the molecule is Cl.O=C(c1cncn1-c1ccccc1)N1CCNCC1. The number of imidazole rings is 1. The van der Waals surface area contributed by atoms with Crippen LogP contribution in [0.3, 0.4) is 0 Å². The predicted molar refractivity (Wildman–Crippen MR) is 79.6 cm³/mol. The van der Waals surface area contributed by atoms with Gasteiger partial charge in [0, 0.05) is 31.9 Å². The fourth-order valence-electron chi connectivity index (χ4n) is 2.28. The molecule has 2 aromatic rings.